The number of esters is 2. The number of Topliss-reactive ketones (excluding diaryl/α,β-unsaturated/α-hetero) is 2. The van der Waals surface area contributed by atoms with E-state index in [0.29, 0.717) is 82.5 Å². The number of fused-ring (bicyclic) bond motifs is 2. The van der Waals surface area contributed by atoms with Gasteiger partial charge >= 0.3 is 36.8 Å². The third-order valence-corrected chi connectivity index (χ3v) is 21.9. The monoisotopic (exact) mass is 1620 g/mol. The summed E-state index contributed by atoms with van der Waals surface area (Å²) < 4.78 is 21.6. The van der Waals surface area contributed by atoms with Crippen LogP contribution in [0.15, 0.2) is 232 Å². The Bertz CT molecular complexity index is 4830. The number of carboxylic acid groups (broad SMARTS) is 1. The van der Waals surface area contributed by atoms with Crippen LogP contribution in [0.1, 0.15) is 93.2 Å². The summed E-state index contributed by atoms with van der Waals surface area (Å²) in [7, 11) is 0. The molecule has 6 aromatic heterocycles. The molecule has 0 saturated carbocycles. The summed E-state index contributed by atoms with van der Waals surface area (Å²) in [5, 5.41) is 15.6. The number of aldehydes is 1. The number of aliphatic carboxylic acids is 1. The van der Waals surface area contributed by atoms with Crippen molar-refractivity contribution in [2.24, 2.45) is 5.73 Å². The van der Waals surface area contributed by atoms with E-state index < -0.39 is 12.9 Å². The van der Waals surface area contributed by atoms with Crippen molar-refractivity contribution in [3.63, 3.8) is 0 Å². The molecule has 31 heteroatoms. The first-order chi connectivity index (χ1) is 51.9. The molecule has 0 fully saturated rings. The number of amides is 1. The Balaban J connectivity index is 0.000000362. The van der Waals surface area contributed by atoms with Gasteiger partial charge in [-0.1, -0.05) is 122 Å². The number of carboxylic acids is 1. The fourth-order valence-corrected chi connectivity index (χ4v) is 16.2. The summed E-state index contributed by atoms with van der Waals surface area (Å²) in [5.41, 5.74) is 11.8. The first-order valence-electron chi connectivity index (χ1n) is 33.1. The third kappa shape index (κ3) is 29.4. The zero-order valence-corrected chi connectivity index (χ0v) is 65.5. The van der Waals surface area contributed by atoms with Gasteiger partial charge in [0, 0.05) is 114 Å². The van der Waals surface area contributed by atoms with Gasteiger partial charge in [-0.05, 0) is 128 Å². The Labute approximate surface area is 684 Å². The maximum absolute atomic E-state index is 12.5. The quantitative estimate of drug-likeness (QED) is 0.0159. The molecule has 112 heavy (non-hydrogen) atoms. The number of rotatable bonds is 20. The summed E-state index contributed by atoms with van der Waals surface area (Å²) in [4.78, 5) is 113. The minimum Gasteiger partial charge on any atom is -0.870 e. The summed E-state index contributed by atoms with van der Waals surface area (Å²) >= 11 is 15.7. The number of thiophene rings is 2. The van der Waals surface area contributed by atoms with E-state index in [-0.39, 0.29) is 91.3 Å². The van der Waals surface area contributed by atoms with Crippen molar-refractivity contribution in [1.29, 1.82) is 0 Å². The van der Waals surface area contributed by atoms with Gasteiger partial charge in [-0.15, -0.1) is 35.1 Å². The summed E-state index contributed by atoms with van der Waals surface area (Å²) in [5.74, 6) is 1.47. The van der Waals surface area contributed by atoms with Crippen LogP contribution in [-0.2, 0) is 41.5 Å². The normalized spacial score (nSPS) is 12.3. The van der Waals surface area contributed by atoms with Gasteiger partial charge in [0.25, 0.3) is 0 Å². The number of nitrogens with two attached hydrogens (primary N) is 1. The molecular formula is C81H81Cl3LiN10O14PS2. The zero-order chi connectivity index (χ0) is 76.3. The minimum atomic E-state index is -2.24. The van der Waals surface area contributed by atoms with E-state index in [0.717, 1.165) is 71.0 Å². The predicted molar refractivity (Wildman–Crippen MR) is 440 cm³/mol. The first kappa shape index (κ1) is 95.4. The molecule has 0 aliphatic carbocycles. The Morgan fingerprint density at radius 1 is 0.562 bits per heavy atom. The van der Waals surface area contributed by atoms with E-state index in [4.69, 9.17) is 48.3 Å². The van der Waals surface area contributed by atoms with E-state index in [9.17, 15) is 33.6 Å². The van der Waals surface area contributed by atoms with E-state index in [1.54, 1.807) is 75.9 Å². The molecule has 0 saturated heterocycles. The molecule has 0 radical (unpaired) electrons. The number of ketones is 2. The Kier molecular flexibility index (Phi) is 42.7. The fraction of sp³-hybridized carbons (Fsp3) is 0.160. The van der Waals surface area contributed by atoms with Gasteiger partial charge in [0.15, 0.2) is 17.9 Å². The Morgan fingerprint density at radius 3 is 1.30 bits per heavy atom. The van der Waals surface area contributed by atoms with Crippen LogP contribution in [0.3, 0.4) is 0 Å². The van der Waals surface area contributed by atoms with Gasteiger partial charge in [-0.3, -0.25) is 59.0 Å². The van der Waals surface area contributed by atoms with Gasteiger partial charge < -0.3 is 46.1 Å². The number of hydrogen-bond donors (Lipinski definition) is 3. The maximum atomic E-state index is 12.5. The minimum absolute atomic E-state index is 0. The number of ether oxygens (including phenoxy) is 4. The average molecular weight is 1630 g/mol. The summed E-state index contributed by atoms with van der Waals surface area (Å²) in [6, 6.07) is 46.1. The average Bonchev–Trinajstić information content (AvgIpc) is 1.11. The predicted octanol–water partition coefficient (Wildman–Crippen LogP) is 10.1. The topological polar surface area (TPSA) is 379 Å². The van der Waals surface area contributed by atoms with Crippen molar-refractivity contribution < 1.29 is 87.4 Å². The number of aromatic nitrogens is 8. The van der Waals surface area contributed by atoms with Crippen molar-refractivity contribution >= 4 is 147 Å². The van der Waals surface area contributed by atoms with Crippen molar-refractivity contribution in [1.82, 2.24) is 45.2 Å². The second-order valence-corrected chi connectivity index (χ2v) is 28.8. The van der Waals surface area contributed by atoms with Gasteiger partial charge in [-0.25, -0.2) is 14.4 Å². The molecule has 2 aliphatic heterocycles. The van der Waals surface area contributed by atoms with Crippen molar-refractivity contribution in [3.05, 3.63) is 286 Å². The Hall–Kier alpha value is -10.8. The van der Waals surface area contributed by atoms with Gasteiger partial charge in [0.05, 0.1) is 81.4 Å². The van der Waals surface area contributed by atoms with E-state index in [2.05, 4.69) is 92.4 Å². The molecule has 1 amide bonds. The van der Waals surface area contributed by atoms with Crippen LogP contribution in [0.2, 0.25) is 10.0 Å². The van der Waals surface area contributed by atoms with Crippen LogP contribution in [0, 0.1) is 0 Å². The molecule has 8 heterocycles. The largest absolute Gasteiger partial charge is 1.00 e. The molecule has 7 N–H and O–H groups in total. The molecule has 2 aliphatic rings. The molecule has 11 aromatic rings. The zero-order valence-electron chi connectivity index (χ0n) is 60.7. The number of benzene rings is 5. The molecule has 5 aromatic carbocycles. The van der Waals surface area contributed by atoms with Gasteiger partial charge in [-0.2, -0.15) is 0 Å². The number of carbonyl (C=O) groups excluding carboxylic acids is 6. The molecule has 2 atom stereocenters. The number of halogens is 3. The molecule has 13 rings (SSSR count). The molecule has 2 unspecified atom stereocenters. The molecule has 578 valence electrons. The smallest absolute Gasteiger partial charge is 0.870 e. The fourth-order valence-electron chi connectivity index (χ4n) is 10.2. The van der Waals surface area contributed by atoms with Gasteiger partial charge in [0.2, 0.25) is 5.91 Å². The number of nitrogens with one attached hydrogen (secondary N) is 1. The molecule has 24 nitrogen and oxygen atoms in total. The number of nitrogens with zero attached hydrogens (tertiary/aromatic N) is 8. The number of carbonyl (C=O) groups is 7. The van der Waals surface area contributed by atoms with Crippen LogP contribution in [-0.4, -0.2) is 142 Å². The summed E-state index contributed by atoms with van der Waals surface area (Å²) in [6.07, 6.45) is 28.5. The van der Waals surface area contributed by atoms with E-state index >= 15 is 0 Å². The van der Waals surface area contributed by atoms with Crippen LogP contribution in [0.25, 0.3) is 39.1 Å². The molecular weight excluding hydrogens is 1550 g/mol. The van der Waals surface area contributed by atoms with Crippen LogP contribution in [0.5, 0.6) is 11.5 Å². The van der Waals surface area contributed by atoms with E-state index in [1.165, 1.54) is 78.1 Å². The van der Waals surface area contributed by atoms with E-state index in [1.807, 2.05) is 104 Å². The third-order valence-electron chi connectivity index (χ3n) is 15.0. The van der Waals surface area contributed by atoms with Crippen LogP contribution in [0.4, 0.5) is 0 Å². The standard InChI is InChI=1S/C22H18ClN3O3S.C22H21O2P.C15H14ClNO2S.C9H10N2O2.C7H6N2O2.C5H4N2O.CH4.ClH.Li.2H2O/c1-13(27)19-3-4-20(30-19)14-8-15-9-17(29-22(15)18(23)10-14)12-26-21(28)5-2-16-11-24-6-7-25-16;1-2-24-22(23)18-25(19-12-6-3-7-13-19,20-14-8-4-9-15-20)21-16-10-5-11-17-21;1-8(18)13-2-3-14(20-13)9-4-10-5-11(7-17)19-15(10)12(16)6-9;1-2-13-9(12)4-3-8-7-10-5-6-11-8;10-7(11)2-1-6-5-8-3-4-9-6;8-4-5-3-6-1-2-7-5;;;;;/h2-8,10-11,17H,9,12H2,1H3,(H,26,28);3-18H,2H2,1H3;2-4,6,11H,5,7,17H2,1H3;3-7H,2H2,1H3;1-5H,(H,10,11);1-4H;1H4;1H;;2*1H2/q;;;;;;;;+1;;/p-1/b5-2+;;;4-3+;2-1+;;;;;;. The van der Waals surface area contributed by atoms with Gasteiger partial charge in [0.1, 0.15) is 29.4 Å². The molecule has 0 spiro atoms. The molecule has 0 bridgehead atoms. The van der Waals surface area contributed by atoms with Crippen molar-refractivity contribution in [2.45, 2.75) is 60.2 Å². The first-order valence-corrected chi connectivity index (χ1v) is 37.3. The second-order valence-electron chi connectivity index (χ2n) is 22.5. The van der Waals surface area contributed by atoms with Crippen LogP contribution < -0.4 is 55.3 Å². The SMILES string of the molecule is C.CC(=O)c1ccc(-c2cc(Cl)c3c(c2)CC(CN)O3)s1.CC(=O)c1ccc(-c2cc(Cl)c3c(c2)CC(CNC(=O)/C=C/c2cnccn2)O3)s1.CCOC(=O)/C=C/c1cnccn1.CCOC(=O)C=P(c1ccccc1)(c1ccccc1)c1ccccc1.Cl.O.O=C(O)/C=C/c1cnccn1.O=Cc1cnccn1.[Li+].[OH-]. The van der Waals surface area contributed by atoms with Crippen molar-refractivity contribution in [3.8, 4) is 32.4 Å². The van der Waals surface area contributed by atoms with Crippen molar-refractivity contribution in [2.75, 3.05) is 26.3 Å². The Morgan fingerprint density at radius 2 is 0.946 bits per heavy atom. The maximum Gasteiger partial charge on any atom is 1.00 e. The van der Waals surface area contributed by atoms with Crippen LogP contribution >= 0.6 is 65.2 Å². The number of hydrogen-bond acceptors (Lipinski definition) is 23. The second kappa shape index (κ2) is 50.1. The summed E-state index contributed by atoms with van der Waals surface area (Å²) in [6.45, 7) is 6.07.